The highest BCUT2D eigenvalue weighted by molar-refractivity contribution is 5.91. The summed E-state index contributed by atoms with van der Waals surface area (Å²) in [6.07, 6.45) is 4.07. The molecule has 0 radical (unpaired) electrons. The summed E-state index contributed by atoms with van der Waals surface area (Å²) in [5, 5.41) is 2.85. The minimum Gasteiger partial charge on any atom is -0.493 e. The number of fused-ring (bicyclic) bond motifs is 2. The first-order valence-corrected chi connectivity index (χ1v) is 8.38. The third-order valence-electron chi connectivity index (χ3n) is 4.21. The Balaban J connectivity index is 1.29. The van der Waals surface area contributed by atoms with Gasteiger partial charge in [0.2, 0.25) is 5.91 Å². The molecule has 1 N–H and O–H groups in total. The summed E-state index contributed by atoms with van der Waals surface area (Å²) in [7, 11) is 0. The van der Waals surface area contributed by atoms with Crippen molar-refractivity contribution in [1.82, 2.24) is 5.32 Å². The molecule has 4 rings (SSSR count). The van der Waals surface area contributed by atoms with Crippen LogP contribution in [0.3, 0.4) is 0 Å². The van der Waals surface area contributed by atoms with Gasteiger partial charge in [-0.05, 0) is 41.5 Å². The van der Waals surface area contributed by atoms with E-state index in [0.717, 1.165) is 30.1 Å². The SMILES string of the molecule is O=C(/C=C/c1ccc2c(c1)CCO2)NCC1COc2ccccc2O1. The van der Waals surface area contributed by atoms with E-state index in [1.54, 1.807) is 0 Å². The summed E-state index contributed by atoms with van der Waals surface area (Å²) in [6.45, 7) is 1.55. The predicted molar refractivity (Wildman–Crippen MR) is 94.0 cm³/mol. The number of hydrogen-bond donors (Lipinski definition) is 1. The van der Waals surface area contributed by atoms with Crippen molar-refractivity contribution < 1.29 is 19.0 Å². The normalized spacial score (nSPS) is 17.8. The van der Waals surface area contributed by atoms with Gasteiger partial charge < -0.3 is 19.5 Å². The Bertz CT molecular complexity index is 815. The van der Waals surface area contributed by atoms with Crippen molar-refractivity contribution in [2.75, 3.05) is 19.8 Å². The van der Waals surface area contributed by atoms with Crippen LogP contribution in [0.1, 0.15) is 11.1 Å². The summed E-state index contributed by atoms with van der Waals surface area (Å²) < 4.78 is 16.9. The van der Waals surface area contributed by atoms with Gasteiger partial charge in [-0.3, -0.25) is 4.79 Å². The Hall–Kier alpha value is -2.95. The molecule has 0 fully saturated rings. The quantitative estimate of drug-likeness (QED) is 0.872. The monoisotopic (exact) mass is 337 g/mol. The Morgan fingerprint density at radius 1 is 1.12 bits per heavy atom. The molecular formula is C20H19NO4. The van der Waals surface area contributed by atoms with E-state index in [2.05, 4.69) is 11.4 Å². The van der Waals surface area contributed by atoms with Gasteiger partial charge in [-0.25, -0.2) is 0 Å². The molecule has 2 aromatic carbocycles. The first-order chi connectivity index (χ1) is 12.3. The highest BCUT2D eigenvalue weighted by atomic mass is 16.6. The lowest BCUT2D eigenvalue weighted by Gasteiger charge is -2.26. The molecule has 5 heteroatoms. The lowest BCUT2D eigenvalue weighted by molar-refractivity contribution is -0.116. The average molecular weight is 337 g/mol. The second-order valence-corrected chi connectivity index (χ2v) is 6.04. The summed E-state index contributed by atoms with van der Waals surface area (Å²) >= 11 is 0. The fraction of sp³-hybridized carbons (Fsp3) is 0.250. The van der Waals surface area contributed by atoms with Crippen molar-refractivity contribution in [1.29, 1.82) is 0 Å². The van der Waals surface area contributed by atoms with E-state index in [9.17, 15) is 4.79 Å². The van der Waals surface area contributed by atoms with Crippen LogP contribution in [-0.4, -0.2) is 31.8 Å². The Morgan fingerprint density at radius 2 is 2.00 bits per heavy atom. The first kappa shape index (κ1) is 15.6. The van der Waals surface area contributed by atoms with Gasteiger partial charge in [0, 0.05) is 12.5 Å². The Morgan fingerprint density at radius 3 is 2.92 bits per heavy atom. The van der Waals surface area contributed by atoms with Gasteiger partial charge in [0.1, 0.15) is 18.5 Å². The molecule has 128 valence electrons. The molecule has 1 atom stereocenters. The third-order valence-corrected chi connectivity index (χ3v) is 4.21. The molecule has 0 aromatic heterocycles. The summed E-state index contributed by atoms with van der Waals surface area (Å²) in [6, 6.07) is 13.5. The summed E-state index contributed by atoms with van der Waals surface area (Å²) in [4.78, 5) is 12.0. The maximum Gasteiger partial charge on any atom is 0.244 e. The molecule has 2 aliphatic heterocycles. The molecule has 25 heavy (non-hydrogen) atoms. The lowest BCUT2D eigenvalue weighted by Crippen LogP contribution is -2.40. The highest BCUT2D eigenvalue weighted by Gasteiger charge is 2.20. The van der Waals surface area contributed by atoms with E-state index in [4.69, 9.17) is 14.2 Å². The number of nitrogens with one attached hydrogen (secondary N) is 1. The van der Waals surface area contributed by atoms with Crippen LogP contribution in [0.4, 0.5) is 0 Å². The van der Waals surface area contributed by atoms with E-state index in [1.165, 1.54) is 11.6 Å². The smallest absolute Gasteiger partial charge is 0.244 e. The van der Waals surface area contributed by atoms with Crippen molar-refractivity contribution in [2.45, 2.75) is 12.5 Å². The van der Waals surface area contributed by atoms with E-state index in [-0.39, 0.29) is 12.0 Å². The molecule has 0 aliphatic carbocycles. The average Bonchev–Trinajstić information content (AvgIpc) is 3.12. The second kappa shape index (κ2) is 6.89. The Kier molecular flexibility index (Phi) is 4.29. The van der Waals surface area contributed by atoms with Crippen LogP contribution in [-0.2, 0) is 11.2 Å². The van der Waals surface area contributed by atoms with Crippen LogP contribution in [0.2, 0.25) is 0 Å². The van der Waals surface area contributed by atoms with Crippen molar-refractivity contribution >= 4 is 12.0 Å². The lowest BCUT2D eigenvalue weighted by atomic mass is 10.1. The van der Waals surface area contributed by atoms with Gasteiger partial charge in [-0.1, -0.05) is 18.2 Å². The second-order valence-electron chi connectivity index (χ2n) is 6.04. The zero-order valence-electron chi connectivity index (χ0n) is 13.7. The molecular weight excluding hydrogens is 318 g/mol. The topological polar surface area (TPSA) is 56.8 Å². The fourth-order valence-electron chi connectivity index (χ4n) is 2.92. The summed E-state index contributed by atoms with van der Waals surface area (Å²) in [5.74, 6) is 2.24. The molecule has 0 spiro atoms. The van der Waals surface area contributed by atoms with Crippen molar-refractivity contribution in [3.8, 4) is 17.2 Å². The van der Waals surface area contributed by atoms with Gasteiger partial charge in [0.25, 0.3) is 0 Å². The largest absolute Gasteiger partial charge is 0.493 e. The molecule has 0 saturated heterocycles. The minimum atomic E-state index is -0.190. The maximum absolute atomic E-state index is 12.0. The van der Waals surface area contributed by atoms with Crippen molar-refractivity contribution in [2.24, 2.45) is 0 Å². The molecule has 2 heterocycles. The van der Waals surface area contributed by atoms with E-state index < -0.39 is 0 Å². The molecule has 2 aliphatic rings. The first-order valence-electron chi connectivity index (χ1n) is 8.38. The van der Waals surface area contributed by atoms with Gasteiger partial charge in [-0.15, -0.1) is 0 Å². The number of carbonyl (C=O) groups excluding carboxylic acids is 1. The standard InChI is InChI=1S/C20H19NO4/c22-20(8-6-14-5-7-17-15(11-14)9-10-23-17)21-12-16-13-24-18-3-1-2-4-19(18)25-16/h1-8,11,16H,9-10,12-13H2,(H,21,22)/b8-6+. The van der Waals surface area contributed by atoms with Crippen LogP contribution in [0.25, 0.3) is 6.08 Å². The van der Waals surface area contributed by atoms with Gasteiger partial charge >= 0.3 is 0 Å². The highest BCUT2D eigenvalue weighted by Crippen LogP contribution is 2.30. The van der Waals surface area contributed by atoms with Gasteiger partial charge in [0.05, 0.1) is 13.2 Å². The van der Waals surface area contributed by atoms with Crippen LogP contribution < -0.4 is 19.5 Å². The molecule has 5 nitrogen and oxygen atoms in total. The van der Waals surface area contributed by atoms with Crippen molar-refractivity contribution in [3.05, 3.63) is 59.7 Å². The third kappa shape index (κ3) is 3.60. The van der Waals surface area contributed by atoms with Crippen LogP contribution in [0.15, 0.2) is 48.5 Å². The predicted octanol–water partition coefficient (Wildman–Crippen LogP) is 2.59. The molecule has 1 amide bonds. The summed E-state index contributed by atoms with van der Waals surface area (Å²) in [5.41, 5.74) is 2.18. The minimum absolute atomic E-state index is 0.154. The van der Waals surface area contributed by atoms with Gasteiger partial charge in [0.15, 0.2) is 11.5 Å². The Labute approximate surface area is 146 Å². The van der Waals surface area contributed by atoms with Crippen LogP contribution in [0, 0.1) is 0 Å². The van der Waals surface area contributed by atoms with Gasteiger partial charge in [-0.2, -0.15) is 0 Å². The van der Waals surface area contributed by atoms with Crippen molar-refractivity contribution in [3.63, 3.8) is 0 Å². The van der Waals surface area contributed by atoms with E-state index in [0.29, 0.717) is 18.9 Å². The number of rotatable bonds is 4. The van der Waals surface area contributed by atoms with E-state index in [1.807, 2.05) is 42.5 Å². The number of hydrogen-bond acceptors (Lipinski definition) is 4. The number of amides is 1. The number of benzene rings is 2. The molecule has 0 saturated carbocycles. The number of ether oxygens (including phenoxy) is 3. The molecule has 2 aromatic rings. The number of carbonyl (C=O) groups is 1. The van der Waals surface area contributed by atoms with Crippen LogP contribution in [0.5, 0.6) is 17.2 Å². The maximum atomic E-state index is 12.0. The fourth-order valence-corrected chi connectivity index (χ4v) is 2.92. The van der Waals surface area contributed by atoms with Crippen LogP contribution >= 0.6 is 0 Å². The molecule has 1 unspecified atom stereocenters. The molecule has 0 bridgehead atoms. The van der Waals surface area contributed by atoms with E-state index >= 15 is 0 Å². The zero-order valence-corrected chi connectivity index (χ0v) is 13.7. The zero-order chi connectivity index (χ0) is 17.1. The number of para-hydroxylation sites is 2.